The second-order valence-corrected chi connectivity index (χ2v) is 6.34. The molecular weight excluding hydrogens is 332 g/mol. The van der Waals surface area contributed by atoms with Crippen molar-refractivity contribution >= 4 is 22.5 Å². The third kappa shape index (κ3) is 3.01. The first-order chi connectivity index (χ1) is 12.3. The summed E-state index contributed by atoms with van der Waals surface area (Å²) in [6.45, 7) is 5.26. The first kappa shape index (κ1) is 17.5. The second kappa shape index (κ2) is 6.55. The van der Waals surface area contributed by atoms with Gasteiger partial charge in [0, 0.05) is 10.9 Å². The molecule has 0 aliphatic rings. The van der Waals surface area contributed by atoms with Crippen LogP contribution in [0.3, 0.4) is 0 Å². The maximum Gasteiger partial charge on any atom is 0.275 e. The molecule has 0 fully saturated rings. The molecule has 26 heavy (non-hydrogen) atoms. The highest BCUT2D eigenvalue weighted by atomic mass is 16.4. The molecule has 0 aliphatic heterocycles. The number of carbonyl (C=O) groups is 2. The molecule has 1 heterocycles. The number of Topliss-reactive ketones (excluding diaryl/α,β-unsaturated/α-hetero) is 1. The van der Waals surface area contributed by atoms with Crippen molar-refractivity contribution in [2.45, 2.75) is 27.3 Å². The lowest BCUT2D eigenvalue weighted by molar-refractivity contribution is -0.255. The van der Waals surface area contributed by atoms with Crippen LogP contribution in [0.5, 0.6) is 0 Å². The van der Waals surface area contributed by atoms with E-state index in [1.165, 1.54) is 12.1 Å². The third-order valence-electron chi connectivity index (χ3n) is 4.31. The van der Waals surface area contributed by atoms with Gasteiger partial charge in [-0.1, -0.05) is 35.9 Å². The predicted molar refractivity (Wildman–Crippen MR) is 95.3 cm³/mol. The molecular formula is C20H17N2O4-. The van der Waals surface area contributed by atoms with Crippen LogP contribution >= 0.6 is 0 Å². The van der Waals surface area contributed by atoms with Gasteiger partial charge in [-0.3, -0.25) is 9.59 Å². The zero-order valence-corrected chi connectivity index (χ0v) is 14.7. The molecule has 2 aromatic carbocycles. The fourth-order valence-electron chi connectivity index (χ4n) is 3.33. The zero-order chi connectivity index (χ0) is 19.0. The average Bonchev–Trinajstić information content (AvgIpc) is 2.56. The van der Waals surface area contributed by atoms with Crippen molar-refractivity contribution in [2.75, 3.05) is 0 Å². The van der Waals surface area contributed by atoms with Gasteiger partial charge in [-0.2, -0.15) is 5.10 Å². The van der Waals surface area contributed by atoms with Crippen LogP contribution in [0, 0.1) is 20.8 Å². The van der Waals surface area contributed by atoms with Gasteiger partial charge >= 0.3 is 0 Å². The van der Waals surface area contributed by atoms with Gasteiger partial charge in [-0.15, -0.1) is 0 Å². The number of carbonyl (C=O) groups excluding carboxylic acids is 2. The van der Waals surface area contributed by atoms with Gasteiger partial charge in [0.1, 0.15) is 12.2 Å². The number of carboxylic acids is 1. The molecule has 6 nitrogen and oxygen atoms in total. The molecule has 0 spiro atoms. The minimum atomic E-state index is -1.50. The van der Waals surface area contributed by atoms with Crippen LogP contribution in [0.2, 0.25) is 0 Å². The van der Waals surface area contributed by atoms with Crippen molar-refractivity contribution in [3.8, 4) is 0 Å². The lowest BCUT2D eigenvalue weighted by atomic mass is 9.96. The van der Waals surface area contributed by atoms with Crippen molar-refractivity contribution in [1.29, 1.82) is 0 Å². The quantitative estimate of drug-likeness (QED) is 0.667. The standard InChI is InChI=1S/C20H18N2O4/c1-11-8-12(2)17(13(3)9-11)16(23)10-22-19(24)15-7-5-4-6-14(15)18(21-22)20(25)26/h4-9H,10H2,1-3H3,(H,25,26)/p-1. The molecule has 0 bridgehead atoms. The summed E-state index contributed by atoms with van der Waals surface area (Å²) >= 11 is 0. The monoisotopic (exact) mass is 349 g/mol. The zero-order valence-electron chi connectivity index (χ0n) is 14.7. The minimum absolute atomic E-state index is 0.187. The number of aromatic carboxylic acids is 1. The number of aryl methyl sites for hydroxylation is 3. The smallest absolute Gasteiger partial charge is 0.275 e. The highest BCUT2D eigenvalue weighted by molar-refractivity contribution is 6.01. The molecule has 0 aliphatic carbocycles. The van der Waals surface area contributed by atoms with E-state index in [2.05, 4.69) is 5.10 Å². The fourth-order valence-corrected chi connectivity index (χ4v) is 3.33. The van der Waals surface area contributed by atoms with Crippen LogP contribution in [0.25, 0.3) is 10.8 Å². The molecule has 0 N–H and O–H groups in total. The summed E-state index contributed by atoms with van der Waals surface area (Å²) in [5, 5.41) is 15.7. The largest absolute Gasteiger partial charge is 0.543 e. The molecule has 132 valence electrons. The maximum absolute atomic E-state index is 12.8. The number of hydrogen-bond donors (Lipinski definition) is 0. The number of aromatic nitrogens is 2. The molecule has 6 heteroatoms. The van der Waals surface area contributed by atoms with Gasteiger partial charge in [0.15, 0.2) is 5.78 Å². The summed E-state index contributed by atoms with van der Waals surface area (Å²) in [6.07, 6.45) is 0. The van der Waals surface area contributed by atoms with Crippen LogP contribution in [-0.4, -0.2) is 21.5 Å². The van der Waals surface area contributed by atoms with E-state index in [0.717, 1.165) is 21.4 Å². The van der Waals surface area contributed by atoms with E-state index in [9.17, 15) is 19.5 Å². The summed E-state index contributed by atoms with van der Waals surface area (Å²) < 4.78 is 0.897. The maximum atomic E-state index is 12.8. The number of hydrogen-bond acceptors (Lipinski definition) is 5. The molecule has 3 aromatic rings. The molecule has 0 unspecified atom stereocenters. The molecule has 0 atom stereocenters. The predicted octanol–water partition coefficient (Wildman–Crippen LogP) is 1.57. The number of rotatable bonds is 4. The van der Waals surface area contributed by atoms with Crippen molar-refractivity contribution < 1.29 is 14.7 Å². The topological polar surface area (TPSA) is 92.1 Å². The molecule has 0 saturated carbocycles. The Labute approximate surface area is 149 Å². The van der Waals surface area contributed by atoms with Crippen molar-refractivity contribution in [3.05, 3.63) is 74.7 Å². The van der Waals surface area contributed by atoms with Gasteiger partial charge in [-0.25, -0.2) is 4.68 Å². The normalized spacial score (nSPS) is 10.9. The molecule has 0 amide bonds. The lowest BCUT2D eigenvalue weighted by Crippen LogP contribution is -2.33. The van der Waals surface area contributed by atoms with Crippen molar-refractivity contribution in [3.63, 3.8) is 0 Å². The van der Waals surface area contributed by atoms with Gasteiger partial charge in [-0.05, 0) is 38.0 Å². The summed E-state index contributed by atoms with van der Waals surface area (Å²) in [4.78, 5) is 36.8. The van der Waals surface area contributed by atoms with Gasteiger partial charge in [0.25, 0.3) is 5.56 Å². The summed E-state index contributed by atoms with van der Waals surface area (Å²) in [5.41, 5.74) is 2.30. The Morgan fingerprint density at radius 1 is 1.04 bits per heavy atom. The Bertz CT molecular complexity index is 1090. The van der Waals surface area contributed by atoms with Crippen LogP contribution in [-0.2, 0) is 6.54 Å². The summed E-state index contributed by atoms with van der Waals surface area (Å²) in [7, 11) is 0. The Morgan fingerprint density at radius 2 is 1.62 bits per heavy atom. The van der Waals surface area contributed by atoms with Gasteiger partial charge in [0.05, 0.1) is 11.4 Å². The Kier molecular flexibility index (Phi) is 4.42. The number of carboxylic acid groups (broad SMARTS) is 1. The van der Waals surface area contributed by atoms with E-state index in [4.69, 9.17) is 0 Å². The number of nitrogens with zero attached hydrogens (tertiary/aromatic N) is 2. The minimum Gasteiger partial charge on any atom is -0.543 e. The molecule has 0 radical (unpaired) electrons. The van der Waals surface area contributed by atoms with Crippen molar-refractivity contribution in [2.24, 2.45) is 0 Å². The Balaban J connectivity index is 2.13. The summed E-state index contributed by atoms with van der Waals surface area (Å²) in [6, 6.07) is 10.0. The van der Waals surface area contributed by atoms with E-state index in [0.29, 0.717) is 5.56 Å². The van der Waals surface area contributed by atoms with E-state index in [1.54, 1.807) is 12.1 Å². The van der Waals surface area contributed by atoms with Crippen molar-refractivity contribution in [1.82, 2.24) is 9.78 Å². The summed E-state index contributed by atoms with van der Waals surface area (Å²) in [5.74, 6) is -1.79. The van der Waals surface area contributed by atoms with E-state index in [-0.39, 0.29) is 28.8 Å². The number of ketones is 1. The molecule has 1 aromatic heterocycles. The SMILES string of the molecule is Cc1cc(C)c(C(=O)Cn2nc(C(=O)[O-])c3ccccc3c2=O)c(C)c1. The van der Waals surface area contributed by atoms with Gasteiger partial charge in [0.2, 0.25) is 0 Å². The van der Waals surface area contributed by atoms with Crippen LogP contribution in [0.4, 0.5) is 0 Å². The molecule has 3 rings (SSSR count). The molecule has 0 saturated heterocycles. The van der Waals surface area contributed by atoms with E-state index >= 15 is 0 Å². The Morgan fingerprint density at radius 3 is 2.19 bits per heavy atom. The second-order valence-electron chi connectivity index (χ2n) is 6.34. The van der Waals surface area contributed by atoms with Gasteiger partial charge < -0.3 is 9.90 Å². The average molecular weight is 349 g/mol. The Hall–Kier alpha value is -3.28. The first-order valence-corrected chi connectivity index (χ1v) is 8.12. The van der Waals surface area contributed by atoms with Crippen LogP contribution in [0.15, 0.2) is 41.2 Å². The highest BCUT2D eigenvalue weighted by Crippen LogP contribution is 2.18. The van der Waals surface area contributed by atoms with Crippen LogP contribution < -0.4 is 10.7 Å². The van der Waals surface area contributed by atoms with Crippen LogP contribution in [0.1, 0.15) is 37.5 Å². The number of fused-ring (bicyclic) bond motifs is 1. The number of benzene rings is 2. The highest BCUT2D eigenvalue weighted by Gasteiger charge is 2.17. The van der Waals surface area contributed by atoms with E-state index in [1.807, 2.05) is 32.9 Å². The lowest BCUT2D eigenvalue weighted by Gasteiger charge is -2.13. The third-order valence-corrected chi connectivity index (χ3v) is 4.31. The van der Waals surface area contributed by atoms with E-state index < -0.39 is 11.5 Å². The first-order valence-electron chi connectivity index (χ1n) is 8.12. The fraction of sp³-hybridized carbons (Fsp3) is 0.200.